The lowest BCUT2D eigenvalue weighted by Gasteiger charge is -2.34. The Morgan fingerprint density at radius 2 is 1.84 bits per heavy atom. The summed E-state index contributed by atoms with van der Waals surface area (Å²) in [6.07, 6.45) is -3.10. The van der Waals surface area contributed by atoms with Crippen LogP contribution in [0, 0.1) is 23.2 Å². The number of benzene rings is 2. The first-order valence-electron chi connectivity index (χ1n) is 7.92. The maximum Gasteiger partial charge on any atom is 0.417 e. The third kappa shape index (κ3) is 3.76. The van der Waals surface area contributed by atoms with E-state index >= 15 is 0 Å². The van der Waals surface area contributed by atoms with Crippen LogP contribution in [-0.4, -0.2) is 13.1 Å². The molecule has 2 aromatic rings. The Morgan fingerprint density at radius 3 is 2.44 bits per heavy atom. The summed E-state index contributed by atoms with van der Waals surface area (Å²) in [5.74, 6) is -0.220. The van der Waals surface area contributed by atoms with Crippen LogP contribution in [0.1, 0.15) is 35.4 Å². The lowest BCUT2D eigenvalue weighted by molar-refractivity contribution is -0.137. The van der Waals surface area contributed by atoms with Crippen LogP contribution >= 0.6 is 0 Å². The highest BCUT2D eigenvalue weighted by Gasteiger charge is 2.34. The molecule has 0 saturated carbocycles. The molecule has 129 valence electrons. The first-order valence-corrected chi connectivity index (χ1v) is 7.92. The van der Waals surface area contributed by atoms with Crippen molar-refractivity contribution in [3.05, 3.63) is 65.0 Å². The van der Waals surface area contributed by atoms with Gasteiger partial charge < -0.3 is 4.90 Å². The zero-order valence-electron chi connectivity index (χ0n) is 13.3. The van der Waals surface area contributed by atoms with Crippen molar-refractivity contribution in [1.29, 1.82) is 5.26 Å². The average molecular weight is 347 g/mol. The molecule has 6 heteroatoms. The zero-order chi connectivity index (χ0) is 18.0. The van der Waals surface area contributed by atoms with Crippen LogP contribution in [0.5, 0.6) is 0 Å². The zero-order valence-corrected chi connectivity index (χ0v) is 13.3. The van der Waals surface area contributed by atoms with Crippen LogP contribution in [-0.2, 0) is 6.18 Å². The second-order valence-electron chi connectivity index (χ2n) is 6.07. The molecule has 0 atom stereocenters. The number of hydrogen-bond donors (Lipinski definition) is 0. The van der Waals surface area contributed by atoms with Gasteiger partial charge in [-0.05, 0) is 48.6 Å². The van der Waals surface area contributed by atoms with Crippen molar-refractivity contribution in [2.75, 3.05) is 18.0 Å². The molecule has 0 spiro atoms. The predicted molar refractivity (Wildman–Crippen MR) is 85.6 cm³/mol. The van der Waals surface area contributed by atoms with Gasteiger partial charge in [0.1, 0.15) is 5.82 Å². The lowest BCUT2D eigenvalue weighted by atomic mass is 9.89. The highest BCUT2D eigenvalue weighted by atomic mass is 19.4. The van der Waals surface area contributed by atoms with Crippen LogP contribution in [0.2, 0.25) is 0 Å². The smallest absolute Gasteiger partial charge is 0.371 e. The molecule has 0 aliphatic carbocycles. The van der Waals surface area contributed by atoms with Crippen molar-refractivity contribution >= 4 is 5.69 Å². The van der Waals surface area contributed by atoms with E-state index in [0.717, 1.165) is 24.5 Å². The normalized spacial score (nSPS) is 15.9. The molecule has 0 bridgehead atoms. The number of halogens is 4. The molecule has 0 aromatic heterocycles. The molecule has 1 radical (unpaired) electrons. The fraction of sp³-hybridized carbons (Fsp3) is 0.316. The fourth-order valence-electron chi connectivity index (χ4n) is 3.24. The van der Waals surface area contributed by atoms with Gasteiger partial charge in [0, 0.05) is 24.8 Å². The molecular formula is C19H15F4N2. The van der Waals surface area contributed by atoms with E-state index in [1.165, 1.54) is 12.1 Å². The van der Waals surface area contributed by atoms with Gasteiger partial charge in [-0.15, -0.1) is 0 Å². The minimum Gasteiger partial charge on any atom is -0.371 e. The Bertz CT molecular complexity index is 800. The molecular weight excluding hydrogens is 332 g/mol. The Kier molecular flexibility index (Phi) is 4.67. The van der Waals surface area contributed by atoms with Crippen LogP contribution in [0.25, 0.3) is 0 Å². The highest BCUT2D eigenvalue weighted by molar-refractivity contribution is 5.55. The summed E-state index contributed by atoms with van der Waals surface area (Å²) in [7, 11) is 0. The Labute approximate surface area is 143 Å². The summed E-state index contributed by atoms with van der Waals surface area (Å²) in [5, 5.41) is 8.87. The van der Waals surface area contributed by atoms with Crippen molar-refractivity contribution in [2.24, 2.45) is 0 Å². The number of hydrogen-bond acceptors (Lipinski definition) is 2. The molecule has 3 rings (SSSR count). The largest absolute Gasteiger partial charge is 0.417 e. The minimum absolute atomic E-state index is 0.181. The Morgan fingerprint density at radius 1 is 1.12 bits per heavy atom. The number of rotatable bonds is 2. The molecule has 0 N–H and O–H groups in total. The first-order chi connectivity index (χ1) is 11.9. The lowest BCUT2D eigenvalue weighted by Crippen LogP contribution is -2.33. The summed E-state index contributed by atoms with van der Waals surface area (Å²) in [4.78, 5) is 1.87. The van der Waals surface area contributed by atoms with Crippen LogP contribution in [0.3, 0.4) is 0 Å². The fourth-order valence-corrected chi connectivity index (χ4v) is 3.24. The van der Waals surface area contributed by atoms with E-state index in [1.807, 2.05) is 11.0 Å². The van der Waals surface area contributed by atoms with Crippen LogP contribution in [0.15, 0.2) is 36.4 Å². The monoisotopic (exact) mass is 347 g/mol. The SMILES string of the molecule is N#Cc1ccc(N2CCC(c3cc[c]c(F)c3)CC2)cc1C(F)(F)F. The van der Waals surface area contributed by atoms with Gasteiger partial charge in [0.25, 0.3) is 0 Å². The van der Waals surface area contributed by atoms with E-state index in [9.17, 15) is 17.6 Å². The standard InChI is InChI=1S/C19H15F4N2/c20-16-3-1-2-14(10-16)13-6-8-25(9-7-13)17-5-4-15(12-24)18(11-17)19(21,22)23/h1-2,4-5,10-11,13H,6-9H2. The van der Waals surface area contributed by atoms with Crippen molar-refractivity contribution in [2.45, 2.75) is 24.9 Å². The van der Waals surface area contributed by atoms with Crippen LogP contribution < -0.4 is 4.90 Å². The molecule has 25 heavy (non-hydrogen) atoms. The Balaban J connectivity index is 1.76. The van der Waals surface area contributed by atoms with Crippen molar-refractivity contribution < 1.29 is 17.6 Å². The highest BCUT2D eigenvalue weighted by Crippen LogP contribution is 2.36. The van der Waals surface area contributed by atoms with E-state index in [4.69, 9.17) is 5.26 Å². The summed E-state index contributed by atoms with van der Waals surface area (Å²) in [5.41, 5.74) is 0.0708. The van der Waals surface area contributed by atoms with Crippen molar-refractivity contribution in [1.82, 2.24) is 0 Å². The first kappa shape index (κ1) is 17.3. The van der Waals surface area contributed by atoms with Gasteiger partial charge in [0.15, 0.2) is 0 Å². The second kappa shape index (κ2) is 6.75. The molecule has 2 aromatic carbocycles. The average Bonchev–Trinajstić information content (AvgIpc) is 2.60. The number of nitriles is 1. The van der Waals surface area contributed by atoms with Gasteiger partial charge in [-0.2, -0.15) is 18.4 Å². The molecule has 1 aliphatic rings. The molecule has 1 fully saturated rings. The van der Waals surface area contributed by atoms with Gasteiger partial charge in [-0.1, -0.05) is 12.1 Å². The summed E-state index contributed by atoms with van der Waals surface area (Å²) >= 11 is 0. The van der Waals surface area contributed by atoms with E-state index in [-0.39, 0.29) is 11.5 Å². The molecule has 1 aliphatic heterocycles. The Hall–Kier alpha value is -2.55. The van der Waals surface area contributed by atoms with Crippen molar-refractivity contribution in [3.8, 4) is 6.07 Å². The van der Waals surface area contributed by atoms with Gasteiger partial charge in [0.2, 0.25) is 0 Å². The number of nitrogens with zero attached hydrogens (tertiary/aromatic N) is 2. The summed E-state index contributed by atoms with van der Waals surface area (Å²) in [6, 6.07) is 12.7. The van der Waals surface area contributed by atoms with E-state index in [0.29, 0.717) is 18.8 Å². The van der Waals surface area contributed by atoms with E-state index < -0.39 is 17.6 Å². The molecule has 0 amide bonds. The molecule has 1 saturated heterocycles. The van der Waals surface area contributed by atoms with Gasteiger partial charge in [-0.3, -0.25) is 0 Å². The maximum atomic E-state index is 13.3. The van der Waals surface area contributed by atoms with E-state index in [1.54, 1.807) is 18.2 Å². The predicted octanol–water partition coefficient (Wildman–Crippen LogP) is 4.90. The molecule has 2 nitrogen and oxygen atoms in total. The topological polar surface area (TPSA) is 27.0 Å². The summed E-state index contributed by atoms with van der Waals surface area (Å²) < 4.78 is 52.6. The second-order valence-corrected chi connectivity index (χ2v) is 6.07. The third-order valence-corrected chi connectivity index (χ3v) is 4.55. The van der Waals surface area contributed by atoms with Crippen LogP contribution in [0.4, 0.5) is 23.2 Å². The number of alkyl halides is 3. The number of anilines is 1. The van der Waals surface area contributed by atoms with Gasteiger partial charge in [-0.25, -0.2) is 4.39 Å². The number of piperidine rings is 1. The summed E-state index contributed by atoms with van der Waals surface area (Å²) in [6.45, 7) is 1.15. The minimum atomic E-state index is -4.56. The molecule has 0 unspecified atom stereocenters. The van der Waals surface area contributed by atoms with Gasteiger partial charge >= 0.3 is 6.18 Å². The van der Waals surface area contributed by atoms with E-state index in [2.05, 4.69) is 6.07 Å². The van der Waals surface area contributed by atoms with Gasteiger partial charge in [0.05, 0.1) is 17.2 Å². The molecule has 1 heterocycles. The maximum absolute atomic E-state index is 13.3. The quantitative estimate of drug-likeness (QED) is 0.723. The van der Waals surface area contributed by atoms with Crippen molar-refractivity contribution in [3.63, 3.8) is 0 Å². The third-order valence-electron chi connectivity index (χ3n) is 4.55.